The highest BCUT2D eigenvalue weighted by Gasteiger charge is 2.23. The molecule has 0 aliphatic rings. The summed E-state index contributed by atoms with van der Waals surface area (Å²) < 4.78 is 40.9. The highest BCUT2D eigenvalue weighted by molar-refractivity contribution is 6.30. The molecule has 0 saturated carbocycles. The van der Waals surface area contributed by atoms with Crippen molar-refractivity contribution in [1.29, 1.82) is 0 Å². The molecular weight excluding hydrogens is 367 g/mol. The number of nitrogens with one attached hydrogen (secondary N) is 1. The Labute approximate surface area is 152 Å². The smallest absolute Gasteiger partial charge is 0.282 e. The van der Waals surface area contributed by atoms with Gasteiger partial charge in [0, 0.05) is 29.5 Å². The predicted molar refractivity (Wildman–Crippen MR) is 93.0 cm³/mol. The monoisotopic (exact) mass is 379 g/mol. The van der Waals surface area contributed by atoms with Crippen LogP contribution < -0.4 is 5.32 Å². The van der Waals surface area contributed by atoms with Gasteiger partial charge in [0.15, 0.2) is 0 Å². The van der Waals surface area contributed by atoms with Crippen molar-refractivity contribution in [2.45, 2.75) is 6.43 Å². The van der Waals surface area contributed by atoms with Crippen molar-refractivity contribution in [2.75, 3.05) is 5.32 Å². The molecule has 3 aromatic rings. The molecule has 0 atom stereocenters. The van der Waals surface area contributed by atoms with Crippen LogP contribution in [-0.4, -0.2) is 15.7 Å². The van der Waals surface area contributed by atoms with E-state index in [4.69, 9.17) is 11.6 Å². The van der Waals surface area contributed by atoms with E-state index in [1.807, 2.05) is 0 Å². The fourth-order valence-electron chi connectivity index (χ4n) is 2.53. The van der Waals surface area contributed by atoms with Gasteiger partial charge < -0.3 is 5.32 Å². The highest BCUT2D eigenvalue weighted by atomic mass is 35.5. The van der Waals surface area contributed by atoms with Crippen molar-refractivity contribution in [3.8, 4) is 11.1 Å². The zero-order valence-electron chi connectivity index (χ0n) is 13.5. The summed E-state index contributed by atoms with van der Waals surface area (Å²) in [7, 11) is 1.44. The van der Waals surface area contributed by atoms with Crippen molar-refractivity contribution in [2.24, 2.45) is 7.05 Å². The molecule has 0 spiro atoms. The highest BCUT2D eigenvalue weighted by Crippen LogP contribution is 2.31. The number of carbonyl (C=O) groups excluding carboxylic acids is 1. The molecule has 4 nitrogen and oxygen atoms in total. The number of anilines is 1. The maximum atomic E-state index is 13.7. The minimum atomic E-state index is -2.89. The van der Waals surface area contributed by atoms with Crippen molar-refractivity contribution >= 4 is 23.2 Å². The lowest BCUT2D eigenvalue weighted by Gasteiger charge is -2.12. The van der Waals surface area contributed by atoms with Gasteiger partial charge in [-0.3, -0.25) is 9.48 Å². The minimum Gasteiger partial charge on any atom is -0.321 e. The Balaban J connectivity index is 1.98. The second kappa shape index (κ2) is 7.21. The number of aryl methyl sites for hydroxylation is 1. The van der Waals surface area contributed by atoms with Crippen LogP contribution in [0.1, 0.15) is 22.5 Å². The summed E-state index contributed by atoms with van der Waals surface area (Å²) in [5.74, 6) is -1.25. The molecule has 3 rings (SSSR count). The first-order chi connectivity index (χ1) is 12.3. The summed E-state index contributed by atoms with van der Waals surface area (Å²) in [6.45, 7) is 0. The van der Waals surface area contributed by atoms with Crippen LogP contribution >= 0.6 is 11.6 Å². The van der Waals surface area contributed by atoms with Crippen LogP contribution in [0.3, 0.4) is 0 Å². The van der Waals surface area contributed by atoms with Gasteiger partial charge in [0.2, 0.25) is 0 Å². The molecular formula is C18H13ClF3N3O. The standard InChI is InChI=1S/C18H13ClF3N3O/c1-25-9-14(16(24-25)17(21)22)18(26)23-15-7-6-12(20)8-13(15)10-2-4-11(19)5-3-10/h2-9,17H,1H3,(H,23,26). The van der Waals surface area contributed by atoms with Crippen LogP contribution in [0.5, 0.6) is 0 Å². The van der Waals surface area contributed by atoms with Crippen LogP contribution in [0.15, 0.2) is 48.7 Å². The molecule has 1 heterocycles. The Morgan fingerprint density at radius 1 is 1.19 bits per heavy atom. The Morgan fingerprint density at radius 2 is 1.88 bits per heavy atom. The number of aromatic nitrogens is 2. The lowest BCUT2D eigenvalue weighted by atomic mass is 10.0. The molecule has 134 valence electrons. The third kappa shape index (κ3) is 3.72. The van der Waals surface area contributed by atoms with Gasteiger partial charge in [-0.05, 0) is 35.9 Å². The zero-order valence-corrected chi connectivity index (χ0v) is 14.3. The fraction of sp³-hybridized carbons (Fsp3) is 0.111. The number of nitrogens with zero attached hydrogens (tertiary/aromatic N) is 2. The molecule has 1 amide bonds. The van der Waals surface area contributed by atoms with E-state index in [2.05, 4.69) is 10.4 Å². The molecule has 8 heteroatoms. The summed E-state index contributed by atoms with van der Waals surface area (Å²) in [4.78, 5) is 12.5. The van der Waals surface area contributed by atoms with Gasteiger partial charge in [0.1, 0.15) is 11.5 Å². The number of halogens is 4. The number of carbonyl (C=O) groups is 1. The van der Waals surface area contributed by atoms with Gasteiger partial charge >= 0.3 is 0 Å². The maximum Gasteiger partial charge on any atom is 0.282 e. The summed E-state index contributed by atoms with van der Waals surface area (Å²) in [5.41, 5.74) is 0.443. The summed E-state index contributed by atoms with van der Waals surface area (Å²) in [6.07, 6.45) is -1.68. The van der Waals surface area contributed by atoms with Crippen molar-refractivity contribution in [3.63, 3.8) is 0 Å². The first kappa shape index (κ1) is 18.0. The van der Waals surface area contributed by atoms with Gasteiger partial charge in [0.05, 0.1) is 5.56 Å². The van der Waals surface area contributed by atoms with Crippen molar-refractivity contribution in [1.82, 2.24) is 9.78 Å². The van der Waals surface area contributed by atoms with Crippen LogP contribution in [0.25, 0.3) is 11.1 Å². The molecule has 0 saturated heterocycles. The summed E-state index contributed by atoms with van der Waals surface area (Å²) >= 11 is 5.86. The Bertz CT molecular complexity index is 955. The van der Waals surface area contributed by atoms with E-state index in [0.717, 1.165) is 4.68 Å². The van der Waals surface area contributed by atoms with Crippen LogP contribution in [0.2, 0.25) is 5.02 Å². The quantitative estimate of drug-likeness (QED) is 0.688. The number of rotatable bonds is 4. The number of alkyl halides is 2. The van der Waals surface area contributed by atoms with E-state index in [1.165, 1.54) is 31.4 Å². The summed E-state index contributed by atoms with van der Waals surface area (Å²) in [5, 5.41) is 6.67. The average Bonchev–Trinajstić information content (AvgIpc) is 2.99. The van der Waals surface area contributed by atoms with Crippen molar-refractivity contribution < 1.29 is 18.0 Å². The van der Waals surface area contributed by atoms with E-state index in [0.29, 0.717) is 16.1 Å². The second-order valence-electron chi connectivity index (χ2n) is 5.55. The predicted octanol–water partition coefficient (Wildman–Crippen LogP) is 5.07. The normalized spacial score (nSPS) is 11.0. The molecule has 0 radical (unpaired) electrons. The Hall–Kier alpha value is -2.80. The van der Waals surface area contributed by atoms with Gasteiger partial charge in [0.25, 0.3) is 12.3 Å². The second-order valence-corrected chi connectivity index (χ2v) is 5.99. The number of amides is 1. The number of hydrogen-bond donors (Lipinski definition) is 1. The largest absolute Gasteiger partial charge is 0.321 e. The number of benzene rings is 2. The molecule has 1 N–H and O–H groups in total. The summed E-state index contributed by atoms with van der Waals surface area (Å²) in [6, 6.07) is 10.4. The average molecular weight is 380 g/mol. The van der Waals surface area contributed by atoms with Gasteiger partial charge in [-0.1, -0.05) is 23.7 Å². The van der Waals surface area contributed by atoms with E-state index >= 15 is 0 Å². The van der Waals surface area contributed by atoms with Crippen LogP contribution in [0, 0.1) is 5.82 Å². The van der Waals surface area contributed by atoms with Gasteiger partial charge in [-0.2, -0.15) is 5.10 Å². The van der Waals surface area contributed by atoms with Crippen LogP contribution in [-0.2, 0) is 7.05 Å². The molecule has 1 aromatic heterocycles. The van der Waals surface area contributed by atoms with Gasteiger partial charge in [-0.15, -0.1) is 0 Å². The van der Waals surface area contributed by atoms with E-state index < -0.39 is 23.8 Å². The van der Waals surface area contributed by atoms with Crippen molar-refractivity contribution in [3.05, 3.63) is 70.8 Å². The molecule has 0 fully saturated rings. The van der Waals surface area contributed by atoms with E-state index in [9.17, 15) is 18.0 Å². The first-order valence-electron chi connectivity index (χ1n) is 7.53. The third-order valence-corrected chi connectivity index (χ3v) is 3.95. The lowest BCUT2D eigenvalue weighted by Crippen LogP contribution is -2.14. The fourth-order valence-corrected chi connectivity index (χ4v) is 2.65. The molecule has 0 aliphatic carbocycles. The Morgan fingerprint density at radius 3 is 2.54 bits per heavy atom. The molecule has 0 unspecified atom stereocenters. The van der Waals surface area contributed by atoms with Crippen LogP contribution in [0.4, 0.5) is 18.9 Å². The van der Waals surface area contributed by atoms with E-state index in [-0.39, 0.29) is 11.3 Å². The first-order valence-corrected chi connectivity index (χ1v) is 7.91. The Kier molecular flexibility index (Phi) is 4.99. The SMILES string of the molecule is Cn1cc(C(=O)Nc2ccc(F)cc2-c2ccc(Cl)cc2)c(C(F)F)n1. The molecule has 0 aliphatic heterocycles. The minimum absolute atomic E-state index is 0.242. The lowest BCUT2D eigenvalue weighted by molar-refractivity contribution is 0.101. The van der Waals surface area contributed by atoms with Gasteiger partial charge in [-0.25, -0.2) is 13.2 Å². The topological polar surface area (TPSA) is 46.9 Å². The molecule has 2 aromatic carbocycles. The number of hydrogen-bond acceptors (Lipinski definition) is 2. The third-order valence-electron chi connectivity index (χ3n) is 3.69. The zero-order chi connectivity index (χ0) is 18.8. The molecule has 0 bridgehead atoms. The maximum absolute atomic E-state index is 13.7. The van der Waals surface area contributed by atoms with E-state index in [1.54, 1.807) is 24.3 Å². The molecule has 26 heavy (non-hydrogen) atoms.